The highest BCUT2D eigenvalue weighted by Gasteiger charge is 2.40. The fraction of sp³-hybridized carbons (Fsp3) is 0.545. The Morgan fingerprint density at radius 3 is 2.69 bits per heavy atom. The topological polar surface area (TPSA) is 84.2 Å². The van der Waals surface area contributed by atoms with Gasteiger partial charge in [-0.25, -0.2) is 8.42 Å². The van der Waals surface area contributed by atoms with Crippen LogP contribution in [-0.4, -0.2) is 33.8 Å². The number of benzene rings is 1. The number of hydrogen-bond donors (Lipinski definition) is 3. The average Bonchev–Trinajstić information content (AvgIpc) is 2.68. The molecule has 0 aromatic heterocycles. The molecule has 0 saturated heterocycles. The normalized spacial score (nSPS) is 27.5. The van der Waals surface area contributed by atoms with E-state index in [1.165, 1.54) is 6.26 Å². The second kappa shape index (κ2) is 9.65. The lowest BCUT2D eigenvalue weighted by molar-refractivity contribution is 0.116. The molecule has 0 radical (unpaired) electrons. The number of halogens is 1. The predicted molar refractivity (Wildman–Crippen MR) is 122 cm³/mol. The SMILES string of the molecule is CS(=O)(=O)Nc1cccc(CCNC2CCC(CN)(C3C=CC=C(Cl)C3)CC2)c1. The minimum atomic E-state index is -3.25. The lowest BCUT2D eigenvalue weighted by atomic mass is 9.63. The molecule has 1 atom stereocenters. The van der Waals surface area contributed by atoms with Gasteiger partial charge in [-0.3, -0.25) is 4.72 Å². The summed E-state index contributed by atoms with van der Waals surface area (Å²) in [7, 11) is -3.25. The quantitative estimate of drug-likeness (QED) is 0.577. The van der Waals surface area contributed by atoms with Crippen molar-refractivity contribution in [2.24, 2.45) is 17.1 Å². The van der Waals surface area contributed by atoms with Gasteiger partial charge in [-0.1, -0.05) is 35.9 Å². The van der Waals surface area contributed by atoms with E-state index in [4.69, 9.17) is 17.3 Å². The van der Waals surface area contributed by atoms with Gasteiger partial charge in [-0.05, 0) is 86.7 Å². The third-order valence-corrected chi connectivity index (χ3v) is 7.17. The molecule has 0 spiro atoms. The molecule has 4 N–H and O–H groups in total. The molecule has 1 fully saturated rings. The second-order valence-corrected chi connectivity index (χ2v) is 10.7. The highest BCUT2D eigenvalue weighted by atomic mass is 35.5. The summed E-state index contributed by atoms with van der Waals surface area (Å²) >= 11 is 6.27. The van der Waals surface area contributed by atoms with E-state index in [9.17, 15) is 8.42 Å². The summed E-state index contributed by atoms with van der Waals surface area (Å²) < 4.78 is 25.3. The van der Waals surface area contributed by atoms with Crippen LogP contribution in [-0.2, 0) is 16.4 Å². The van der Waals surface area contributed by atoms with Crippen molar-refractivity contribution < 1.29 is 8.42 Å². The standard InChI is InChI=1S/C22H32ClN3O2S/c1-29(27,28)26-21-7-2-4-17(14-21)10-13-25-20-8-11-22(16-24,12-9-20)18-5-3-6-19(23)15-18/h2-7,14,18,20,25-26H,8-13,15-16,24H2,1H3. The van der Waals surface area contributed by atoms with Crippen LogP contribution in [0.5, 0.6) is 0 Å². The van der Waals surface area contributed by atoms with Crippen LogP contribution in [0.15, 0.2) is 47.5 Å². The number of sulfonamides is 1. The molecule has 5 nitrogen and oxygen atoms in total. The molecule has 0 heterocycles. The van der Waals surface area contributed by atoms with Crippen molar-refractivity contribution in [2.75, 3.05) is 24.1 Å². The summed E-state index contributed by atoms with van der Waals surface area (Å²) in [5.41, 5.74) is 8.12. The van der Waals surface area contributed by atoms with Gasteiger partial charge in [0.15, 0.2) is 0 Å². The number of nitrogens with two attached hydrogens (primary N) is 1. The molecule has 3 rings (SSSR count). The molecular weight excluding hydrogens is 406 g/mol. The number of hydrogen-bond acceptors (Lipinski definition) is 4. The number of allylic oxidation sites excluding steroid dienone is 4. The van der Waals surface area contributed by atoms with Gasteiger partial charge in [0.1, 0.15) is 0 Å². The third kappa shape index (κ3) is 6.32. The van der Waals surface area contributed by atoms with Gasteiger partial charge in [-0.15, -0.1) is 0 Å². The first kappa shape index (κ1) is 22.3. The maximum absolute atomic E-state index is 11.4. The van der Waals surface area contributed by atoms with Crippen LogP contribution in [0.25, 0.3) is 0 Å². The first-order chi connectivity index (χ1) is 13.8. The van der Waals surface area contributed by atoms with E-state index < -0.39 is 10.0 Å². The summed E-state index contributed by atoms with van der Waals surface area (Å²) in [5.74, 6) is 0.441. The van der Waals surface area contributed by atoms with E-state index >= 15 is 0 Å². The van der Waals surface area contributed by atoms with Crippen molar-refractivity contribution in [1.29, 1.82) is 0 Å². The summed E-state index contributed by atoms with van der Waals surface area (Å²) in [6.07, 6.45) is 13.8. The van der Waals surface area contributed by atoms with Crippen LogP contribution in [0.2, 0.25) is 0 Å². The molecule has 0 amide bonds. The Kier molecular flexibility index (Phi) is 7.43. The molecular formula is C22H32ClN3O2S. The fourth-order valence-electron chi connectivity index (χ4n) is 4.61. The summed E-state index contributed by atoms with van der Waals surface area (Å²) in [5, 5.41) is 4.61. The first-order valence-corrected chi connectivity index (χ1v) is 12.6. The molecule has 1 aromatic carbocycles. The Bertz CT molecular complexity index is 859. The van der Waals surface area contributed by atoms with Crippen LogP contribution in [0.1, 0.15) is 37.7 Å². The fourth-order valence-corrected chi connectivity index (χ4v) is 5.40. The monoisotopic (exact) mass is 437 g/mol. The summed E-state index contributed by atoms with van der Waals surface area (Å²) in [6.45, 7) is 1.58. The number of anilines is 1. The van der Waals surface area contributed by atoms with Crippen LogP contribution in [0.4, 0.5) is 5.69 Å². The number of nitrogens with one attached hydrogen (secondary N) is 2. The molecule has 0 aliphatic heterocycles. The van der Waals surface area contributed by atoms with Gasteiger partial charge >= 0.3 is 0 Å². The van der Waals surface area contributed by atoms with Gasteiger partial charge in [0.2, 0.25) is 10.0 Å². The van der Waals surface area contributed by atoms with Gasteiger partial charge in [0, 0.05) is 16.8 Å². The van der Waals surface area contributed by atoms with Crippen molar-refractivity contribution in [1.82, 2.24) is 5.32 Å². The third-order valence-electron chi connectivity index (χ3n) is 6.29. The van der Waals surface area contributed by atoms with Crippen molar-refractivity contribution in [3.63, 3.8) is 0 Å². The van der Waals surface area contributed by atoms with Crippen molar-refractivity contribution in [3.8, 4) is 0 Å². The van der Waals surface area contributed by atoms with Crippen LogP contribution in [0.3, 0.4) is 0 Å². The lowest BCUT2D eigenvalue weighted by Crippen LogP contribution is -2.45. The van der Waals surface area contributed by atoms with Crippen molar-refractivity contribution in [3.05, 3.63) is 53.1 Å². The van der Waals surface area contributed by atoms with Gasteiger partial charge < -0.3 is 11.1 Å². The zero-order chi connectivity index (χ0) is 20.9. The Hall–Kier alpha value is -1.34. The smallest absolute Gasteiger partial charge is 0.229 e. The largest absolute Gasteiger partial charge is 0.330 e. The van der Waals surface area contributed by atoms with E-state index in [1.807, 2.05) is 24.3 Å². The van der Waals surface area contributed by atoms with Crippen LogP contribution >= 0.6 is 11.6 Å². The van der Waals surface area contributed by atoms with Gasteiger partial charge in [-0.2, -0.15) is 0 Å². The van der Waals surface area contributed by atoms with Gasteiger partial charge in [0.05, 0.1) is 6.26 Å². The van der Waals surface area contributed by atoms with E-state index in [-0.39, 0.29) is 5.41 Å². The second-order valence-electron chi connectivity index (χ2n) is 8.43. The summed E-state index contributed by atoms with van der Waals surface area (Å²) in [4.78, 5) is 0. The van der Waals surface area contributed by atoms with Crippen molar-refractivity contribution >= 4 is 27.3 Å². The first-order valence-electron chi connectivity index (χ1n) is 10.3. The minimum absolute atomic E-state index is 0.161. The average molecular weight is 438 g/mol. The molecule has 160 valence electrons. The Labute approximate surface area is 179 Å². The molecule has 2 aliphatic rings. The van der Waals surface area contributed by atoms with E-state index in [1.54, 1.807) is 6.07 Å². The van der Waals surface area contributed by atoms with Crippen molar-refractivity contribution in [2.45, 2.75) is 44.6 Å². The molecule has 1 saturated carbocycles. The highest BCUT2D eigenvalue weighted by Crippen LogP contribution is 2.46. The Morgan fingerprint density at radius 2 is 2.03 bits per heavy atom. The molecule has 1 aromatic rings. The van der Waals surface area contributed by atoms with E-state index in [2.05, 4.69) is 22.2 Å². The number of rotatable bonds is 8. The maximum Gasteiger partial charge on any atom is 0.229 e. The highest BCUT2D eigenvalue weighted by molar-refractivity contribution is 7.92. The summed E-state index contributed by atoms with van der Waals surface area (Å²) in [6, 6.07) is 8.09. The van der Waals surface area contributed by atoms with Gasteiger partial charge in [0.25, 0.3) is 0 Å². The Morgan fingerprint density at radius 1 is 1.28 bits per heavy atom. The molecule has 29 heavy (non-hydrogen) atoms. The zero-order valence-corrected chi connectivity index (χ0v) is 18.6. The lowest BCUT2D eigenvalue weighted by Gasteiger charge is -2.45. The maximum atomic E-state index is 11.4. The Balaban J connectivity index is 1.47. The van der Waals surface area contributed by atoms with E-state index in [0.717, 1.165) is 55.7 Å². The molecule has 0 bridgehead atoms. The minimum Gasteiger partial charge on any atom is -0.330 e. The zero-order valence-electron chi connectivity index (χ0n) is 17.0. The molecule has 2 aliphatic carbocycles. The predicted octanol–water partition coefficient (Wildman–Crippen LogP) is 3.78. The van der Waals surface area contributed by atoms with Crippen LogP contribution < -0.4 is 15.8 Å². The molecule has 7 heteroatoms. The molecule has 1 unspecified atom stereocenters. The van der Waals surface area contributed by atoms with Crippen LogP contribution in [0, 0.1) is 11.3 Å². The van der Waals surface area contributed by atoms with E-state index in [0.29, 0.717) is 24.2 Å².